The number of anilines is 1. The molecule has 0 spiro atoms. The van der Waals surface area contributed by atoms with E-state index in [-0.39, 0.29) is 11.6 Å². The number of benzene rings is 1. The summed E-state index contributed by atoms with van der Waals surface area (Å²) in [6.07, 6.45) is 3.40. The van der Waals surface area contributed by atoms with Crippen LogP contribution in [0.25, 0.3) is 0 Å². The van der Waals surface area contributed by atoms with Gasteiger partial charge in [-0.2, -0.15) is 0 Å². The lowest BCUT2D eigenvalue weighted by molar-refractivity contribution is 0.102. The van der Waals surface area contributed by atoms with E-state index in [0.717, 1.165) is 31.1 Å². The van der Waals surface area contributed by atoms with Crippen molar-refractivity contribution >= 4 is 22.9 Å². The molecule has 1 fully saturated rings. The van der Waals surface area contributed by atoms with Gasteiger partial charge in [-0.15, -0.1) is 11.3 Å². The molecule has 0 saturated carbocycles. The van der Waals surface area contributed by atoms with Crippen LogP contribution in [-0.4, -0.2) is 35.4 Å². The first kappa shape index (κ1) is 16.1. The number of halogens is 1. The van der Waals surface area contributed by atoms with Crippen molar-refractivity contribution in [3.05, 3.63) is 45.7 Å². The largest absolute Gasteiger partial charge is 0.319 e. The summed E-state index contributed by atoms with van der Waals surface area (Å²) in [6.45, 7) is 5.13. The molecule has 2 aromatic rings. The van der Waals surface area contributed by atoms with Crippen LogP contribution in [0.4, 0.5) is 10.1 Å². The third-order valence-electron chi connectivity index (χ3n) is 4.01. The van der Waals surface area contributed by atoms with Crippen molar-refractivity contribution in [1.82, 2.24) is 9.88 Å². The van der Waals surface area contributed by atoms with E-state index in [1.54, 1.807) is 18.2 Å². The summed E-state index contributed by atoms with van der Waals surface area (Å²) in [6, 6.07) is 6.17. The quantitative estimate of drug-likeness (QED) is 0.911. The summed E-state index contributed by atoms with van der Waals surface area (Å²) in [7, 11) is 0. The first-order valence-electron chi connectivity index (χ1n) is 7.88. The number of aromatic nitrogens is 1. The zero-order chi connectivity index (χ0) is 16.2. The second kappa shape index (κ2) is 7.19. The van der Waals surface area contributed by atoms with Crippen molar-refractivity contribution in [2.75, 3.05) is 25.0 Å². The maximum atomic E-state index is 13.6. The molecule has 4 nitrogen and oxygen atoms in total. The number of carbonyl (C=O) groups excluding carboxylic acids is 1. The standard InChI is InChI=1S/C17H20FN3OS/c1-12-16(17(22)20-14-7-3-2-6-13(14)18)23-15(19-12)8-11-21-9-4-5-10-21/h2-3,6-7H,4-5,8-11H2,1H3,(H,20,22). The van der Waals surface area contributed by atoms with Gasteiger partial charge in [0.1, 0.15) is 10.7 Å². The van der Waals surface area contributed by atoms with Gasteiger partial charge >= 0.3 is 0 Å². The zero-order valence-electron chi connectivity index (χ0n) is 13.1. The number of thiazole rings is 1. The average molecular weight is 333 g/mol. The number of aryl methyl sites for hydroxylation is 1. The summed E-state index contributed by atoms with van der Waals surface area (Å²) >= 11 is 1.40. The third-order valence-corrected chi connectivity index (χ3v) is 5.23. The second-order valence-corrected chi connectivity index (χ2v) is 6.84. The SMILES string of the molecule is Cc1nc(CCN2CCCC2)sc1C(=O)Nc1ccccc1F. The summed E-state index contributed by atoms with van der Waals surface area (Å²) in [4.78, 5) is 19.8. The molecule has 0 radical (unpaired) electrons. The molecule has 122 valence electrons. The summed E-state index contributed by atoms with van der Waals surface area (Å²) < 4.78 is 13.6. The maximum absolute atomic E-state index is 13.6. The summed E-state index contributed by atoms with van der Waals surface area (Å²) in [5.41, 5.74) is 0.907. The van der Waals surface area contributed by atoms with E-state index in [9.17, 15) is 9.18 Å². The number of carbonyl (C=O) groups is 1. The number of hydrogen-bond acceptors (Lipinski definition) is 4. The number of amides is 1. The van der Waals surface area contributed by atoms with Crippen LogP contribution in [0.2, 0.25) is 0 Å². The van der Waals surface area contributed by atoms with Gasteiger partial charge in [0, 0.05) is 13.0 Å². The van der Waals surface area contributed by atoms with E-state index in [4.69, 9.17) is 0 Å². The molecule has 1 aliphatic heterocycles. The molecular formula is C17H20FN3OS. The highest BCUT2D eigenvalue weighted by molar-refractivity contribution is 7.13. The fraction of sp³-hybridized carbons (Fsp3) is 0.412. The minimum atomic E-state index is -0.433. The third kappa shape index (κ3) is 3.95. The second-order valence-electron chi connectivity index (χ2n) is 5.75. The summed E-state index contributed by atoms with van der Waals surface area (Å²) in [5.74, 6) is -0.727. The van der Waals surface area contributed by atoms with Crippen molar-refractivity contribution < 1.29 is 9.18 Å². The van der Waals surface area contributed by atoms with Crippen LogP contribution in [0.5, 0.6) is 0 Å². The van der Waals surface area contributed by atoms with Gasteiger partial charge in [0.2, 0.25) is 0 Å². The Bertz CT molecular complexity index is 695. The number of para-hydroxylation sites is 1. The Hall–Kier alpha value is -1.79. The fourth-order valence-electron chi connectivity index (χ4n) is 2.77. The lowest BCUT2D eigenvalue weighted by Gasteiger charge is -2.12. The Balaban J connectivity index is 1.65. The average Bonchev–Trinajstić information content (AvgIpc) is 3.17. The molecular weight excluding hydrogens is 313 g/mol. The molecule has 3 rings (SSSR count). The van der Waals surface area contributed by atoms with Crippen LogP contribution < -0.4 is 5.32 Å². The minimum Gasteiger partial charge on any atom is -0.319 e. The van der Waals surface area contributed by atoms with E-state index in [1.807, 2.05) is 6.92 Å². The van der Waals surface area contributed by atoms with Gasteiger partial charge in [-0.05, 0) is 45.0 Å². The Kier molecular flexibility index (Phi) is 5.03. The number of likely N-dealkylation sites (tertiary alicyclic amines) is 1. The van der Waals surface area contributed by atoms with Crippen molar-refractivity contribution in [3.63, 3.8) is 0 Å². The molecule has 2 heterocycles. The van der Waals surface area contributed by atoms with Crippen LogP contribution in [0.15, 0.2) is 24.3 Å². The molecule has 1 aromatic carbocycles. The molecule has 0 aliphatic carbocycles. The fourth-order valence-corrected chi connectivity index (χ4v) is 3.72. The van der Waals surface area contributed by atoms with E-state index < -0.39 is 5.82 Å². The van der Waals surface area contributed by atoms with E-state index in [1.165, 1.54) is 30.2 Å². The highest BCUT2D eigenvalue weighted by Gasteiger charge is 2.18. The van der Waals surface area contributed by atoms with Gasteiger partial charge in [-0.25, -0.2) is 9.37 Å². The smallest absolute Gasteiger partial charge is 0.267 e. The predicted octanol–water partition coefficient (Wildman–Crippen LogP) is 3.48. The van der Waals surface area contributed by atoms with Crippen LogP contribution >= 0.6 is 11.3 Å². The molecule has 0 unspecified atom stereocenters. The van der Waals surface area contributed by atoms with Gasteiger partial charge in [0.05, 0.1) is 16.4 Å². The van der Waals surface area contributed by atoms with Gasteiger partial charge in [0.25, 0.3) is 5.91 Å². The maximum Gasteiger partial charge on any atom is 0.267 e. The lowest BCUT2D eigenvalue weighted by atomic mass is 10.3. The minimum absolute atomic E-state index is 0.198. The molecule has 1 aliphatic rings. The van der Waals surface area contributed by atoms with Crippen molar-refractivity contribution in [2.24, 2.45) is 0 Å². The van der Waals surface area contributed by atoms with E-state index in [2.05, 4.69) is 15.2 Å². The Morgan fingerprint density at radius 3 is 2.83 bits per heavy atom. The highest BCUT2D eigenvalue weighted by atomic mass is 32.1. The van der Waals surface area contributed by atoms with Gasteiger partial charge < -0.3 is 10.2 Å². The topological polar surface area (TPSA) is 45.2 Å². The Labute approximate surface area is 139 Å². The van der Waals surface area contributed by atoms with Gasteiger partial charge in [-0.3, -0.25) is 4.79 Å². The molecule has 23 heavy (non-hydrogen) atoms. The van der Waals surface area contributed by atoms with Gasteiger partial charge in [0.15, 0.2) is 0 Å². The van der Waals surface area contributed by atoms with Crippen molar-refractivity contribution in [3.8, 4) is 0 Å². The number of nitrogens with one attached hydrogen (secondary N) is 1. The lowest BCUT2D eigenvalue weighted by Crippen LogP contribution is -2.21. The molecule has 1 saturated heterocycles. The zero-order valence-corrected chi connectivity index (χ0v) is 14.0. The normalized spacial score (nSPS) is 15.0. The molecule has 6 heteroatoms. The Morgan fingerprint density at radius 1 is 1.35 bits per heavy atom. The molecule has 1 aromatic heterocycles. The Morgan fingerprint density at radius 2 is 2.09 bits per heavy atom. The molecule has 0 bridgehead atoms. The first-order valence-corrected chi connectivity index (χ1v) is 8.69. The van der Waals surface area contributed by atoms with Gasteiger partial charge in [-0.1, -0.05) is 12.1 Å². The van der Waals surface area contributed by atoms with Crippen molar-refractivity contribution in [2.45, 2.75) is 26.2 Å². The number of rotatable bonds is 5. The predicted molar refractivity (Wildman–Crippen MR) is 90.6 cm³/mol. The highest BCUT2D eigenvalue weighted by Crippen LogP contribution is 2.22. The number of hydrogen-bond donors (Lipinski definition) is 1. The van der Waals surface area contributed by atoms with Crippen LogP contribution in [0.1, 0.15) is 33.2 Å². The first-order chi connectivity index (χ1) is 11.1. The monoisotopic (exact) mass is 333 g/mol. The molecule has 1 amide bonds. The van der Waals surface area contributed by atoms with E-state index in [0.29, 0.717) is 10.6 Å². The van der Waals surface area contributed by atoms with E-state index >= 15 is 0 Å². The summed E-state index contributed by atoms with van der Waals surface area (Å²) in [5, 5.41) is 3.59. The molecule has 0 atom stereocenters. The molecule has 1 N–H and O–H groups in total. The van der Waals surface area contributed by atoms with Crippen LogP contribution in [0, 0.1) is 12.7 Å². The van der Waals surface area contributed by atoms with Crippen molar-refractivity contribution in [1.29, 1.82) is 0 Å². The number of nitrogens with zero attached hydrogens (tertiary/aromatic N) is 2. The van der Waals surface area contributed by atoms with Crippen LogP contribution in [0.3, 0.4) is 0 Å². The van der Waals surface area contributed by atoms with Crippen LogP contribution in [-0.2, 0) is 6.42 Å².